The normalized spacial score (nSPS) is 12.1. The zero-order valence-electron chi connectivity index (χ0n) is 21.5. The summed E-state index contributed by atoms with van der Waals surface area (Å²) in [4.78, 5) is 9.70. The van der Waals surface area contributed by atoms with Crippen molar-refractivity contribution in [1.29, 1.82) is 0 Å². The first-order valence-corrected chi connectivity index (χ1v) is 14.5. The average molecular weight is 649 g/mol. The maximum Gasteiger partial charge on any atom is 0.125 e. The number of aliphatic imine (C=N–C) groups is 2. The van der Waals surface area contributed by atoms with Gasteiger partial charge in [0, 0.05) is 44.3 Å². The Hall–Kier alpha value is -3.26. The molecule has 200 valence electrons. The van der Waals surface area contributed by atoms with E-state index in [1.165, 1.54) is 0 Å². The lowest BCUT2D eigenvalue weighted by Gasteiger charge is -2.11. The standard InChI is InChI=1S/C32H31Br2N3O2/c33-25-13-15-29(38)27(21-25)31(23-9-3-1-4-10-23)36-19-7-17-35-18-8-20-37-32(24-11-5-2-6-12-24)28-22-26(34)14-16-30(28)39/h1-6,9-16,21-22,35,38-39H,7-8,17-20H2. The minimum atomic E-state index is 0.213. The van der Waals surface area contributed by atoms with Gasteiger partial charge in [-0.05, 0) is 62.3 Å². The summed E-state index contributed by atoms with van der Waals surface area (Å²) in [6.45, 7) is 2.94. The van der Waals surface area contributed by atoms with Crippen LogP contribution in [-0.4, -0.2) is 47.8 Å². The van der Waals surface area contributed by atoms with E-state index in [0.29, 0.717) is 24.2 Å². The molecule has 7 heteroatoms. The van der Waals surface area contributed by atoms with Crippen molar-refractivity contribution >= 4 is 43.3 Å². The first-order valence-electron chi connectivity index (χ1n) is 12.9. The van der Waals surface area contributed by atoms with Crippen LogP contribution in [0.5, 0.6) is 11.5 Å². The number of phenolic OH excluding ortho intramolecular Hbond substituents is 2. The molecule has 0 saturated heterocycles. The summed E-state index contributed by atoms with van der Waals surface area (Å²) in [5, 5.41) is 24.4. The summed E-state index contributed by atoms with van der Waals surface area (Å²) in [6.07, 6.45) is 1.74. The van der Waals surface area contributed by atoms with Crippen LogP contribution in [0.1, 0.15) is 35.1 Å². The van der Waals surface area contributed by atoms with Crippen molar-refractivity contribution in [1.82, 2.24) is 5.32 Å². The fourth-order valence-corrected chi connectivity index (χ4v) is 4.89. The van der Waals surface area contributed by atoms with Crippen LogP contribution in [0.25, 0.3) is 0 Å². The molecule has 0 aliphatic carbocycles. The predicted molar refractivity (Wildman–Crippen MR) is 168 cm³/mol. The maximum absolute atomic E-state index is 10.5. The Morgan fingerprint density at radius 2 is 1.00 bits per heavy atom. The van der Waals surface area contributed by atoms with Gasteiger partial charge in [-0.2, -0.15) is 0 Å². The Kier molecular flexibility index (Phi) is 10.9. The third-order valence-corrected chi connectivity index (χ3v) is 7.07. The molecule has 0 bridgehead atoms. The van der Waals surface area contributed by atoms with E-state index in [0.717, 1.165) is 57.4 Å². The van der Waals surface area contributed by atoms with E-state index in [1.54, 1.807) is 12.1 Å². The second kappa shape index (κ2) is 14.8. The van der Waals surface area contributed by atoms with Gasteiger partial charge in [0.25, 0.3) is 0 Å². The van der Waals surface area contributed by atoms with Crippen LogP contribution < -0.4 is 5.32 Å². The molecule has 4 aromatic carbocycles. The van der Waals surface area contributed by atoms with Gasteiger partial charge in [-0.1, -0.05) is 92.5 Å². The number of nitrogens with zero attached hydrogens (tertiary/aromatic N) is 2. The van der Waals surface area contributed by atoms with Crippen molar-refractivity contribution in [3.63, 3.8) is 0 Å². The number of benzene rings is 4. The van der Waals surface area contributed by atoms with Gasteiger partial charge in [0.15, 0.2) is 0 Å². The quantitative estimate of drug-likeness (QED) is 0.111. The topological polar surface area (TPSA) is 77.2 Å². The van der Waals surface area contributed by atoms with Crippen LogP contribution in [-0.2, 0) is 0 Å². The van der Waals surface area contributed by atoms with Crippen LogP contribution >= 0.6 is 31.9 Å². The number of rotatable bonds is 12. The van der Waals surface area contributed by atoms with Gasteiger partial charge >= 0.3 is 0 Å². The molecule has 0 spiro atoms. The second-order valence-corrected chi connectivity index (χ2v) is 10.8. The highest BCUT2D eigenvalue weighted by molar-refractivity contribution is 9.10. The lowest BCUT2D eigenvalue weighted by Crippen LogP contribution is -2.18. The summed E-state index contributed by atoms with van der Waals surface area (Å²) in [7, 11) is 0. The van der Waals surface area contributed by atoms with E-state index in [-0.39, 0.29) is 11.5 Å². The smallest absolute Gasteiger partial charge is 0.125 e. The zero-order valence-corrected chi connectivity index (χ0v) is 24.7. The highest BCUT2D eigenvalue weighted by Crippen LogP contribution is 2.26. The number of aromatic hydroxyl groups is 2. The summed E-state index contributed by atoms with van der Waals surface area (Å²) in [5.41, 5.74) is 4.95. The van der Waals surface area contributed by atoms with Crippen LogP contribution in [0, 0.1) is 0 Å². The van der Waals surface area contributed by atoms with E-state index >= 15 is 0 Å². The molecule has 0 atom stereocenters. The molecular formula is C32H31Br2N3O2. The molecule has 4 aromatic rings. The maximum atomic E-state index is 10.5. The number of phenols is 2. The Morgan fingerprint density at radius 3 is 1.41 bits per heavy atom. The minimum absolute atomic E-state index is 0.213. The van der Waals surface area contributed by atoms with Crippen molar-refractivity contribution in [2.75, 3.05) is 26.2 Å². The van der Waals surface area contributed by atoms with Gasteiger partial charge in [-0.3, -0.25) is 9.98 Å². The van der Waals surface area contributed by atoms with Crippen molar-refractivity contribution < 1.29 is 10.2 Å². The lowest BCUT2D eigenvalue weighted by atomic mass is 10.0. The zero-order chi connectivity index (χ0) is 27.5. The summed E-state index contributed by atoms with van der Waals surface area (Å²) >= 11 is 7.00. The molecule has 0 aliphatic heterocycles. The Morgan fingerprint density at radius 1 is 0.590 bits per heavy atom. The number of hydrogen-bond donors (Lipinski definition) is 3. The van der Waals surface area contributed by atoms with E-state index in [1.807, 2.05) is 84.9 Å². The van der Waals surface area contributed by atoms with Crippen LogP contribution in [0.15, 0.2) is 116 Å². The highest BCUT2D eigenvalue weighted by Gasteiger charge is 2.13. The third-order valence-electron chi connectivity index (χ3n) is 6.09. The number of hydrogen-bond acceptors (Lipinski definition) is 5. The monoisotopic (exact) mass is 647 g/mol. The summed E-state index contributed by atoms with van der Waals surface area (Å²) in [5.74, 6) is 0.427. The molecular weight excluding hydrogens is 618 g/mol. The van der Waals surface area contributed by atoms with E-state index < -0.39 is 0 Å². The first kappa shape index (κ1) is 28.7. The Labute approximate surface area is 246 Å². The minimum Gasteiger partial charge on any atom is -0.507 e. The summed E-state index contributed by atoms with van der Waals surface area (Å²) < 4.78 is 1.79. The molecule has 0 heterocycles. The van der Waals surface area contributed by atoms with Gasteiger partial charge in [0.2, 0.25) is 0 Å². The fourth-order valence-electron chi connectivity index (χ4n) is 4.17. The predicted octanol–water partition coefficient (Wildman–Crippen LogP) is 7.37. The van der Waals surface area contributed by atoms with Gasteiger partial charge in [-0.25, -0.2) is 0 Å². The Balaban J connectivity index is 1.31. The average Bonchev–Trinajstić information content (AvgIpc) is 2.96. The number of halogens is 2. The van der Waals surface area contributed by atoms with E-state index in [2.05, 4.69) is 37.2 Å². The van der Waals surface area contributed by atoms with E-state index in [9.17, 15) is 10.2 Å². The molecule has 39 heavy (non-hydrogen) atoms. The first-order chi connectivity index (χ1) is 19.0. The highest BCUT2D eigenvalue weighted by atomic mass is 79.9. The van der Waals surface area contributed by atoms with E-state index in [4.69, 9.17) is 9.98 Å². The van der Waals surface area contributed by atoms with Crippen LogP contribution in [0.2, 0.25) is 0 Å². The van der Waals surface area contributed by atoms with Gasteiger partial charge in [0.05, 0.1) is 11.4 Å². The Bertz CT molecular complexity index is 1320. The molecule has 0 radical (unpaired) electrons. The van der Waals surface area contributed by atoms with Gasteiger partial charge < -0.3 is 15.5 Å². The molecule has 0 unspecified atom stereocenters. The molecule has 0 amide bonds. The largest absolute Gasteiger partial charge is 0.507 e. The SMILES string of the molecule is Oc1ccc(Br)cc1C(=NCCCNCCCN=C(c1ccccc1)c1cc(Br)ccc1O)c1ccccc1. The second-order valence-electron chi connectivity index (χ2n) is 8.97. The van der Waals surface area contributed by atoms with Crippen LogP contribution in [0.4, 0.5) is 0 Å². The van der Waals surface area contributed by atoms with Crippen molar-refractivity contribution in [2.45, 2.75) is 12.8 Å². The molecule has 0 aliphatic rings. The molecule has 0 aromatic heterocycles. The third kappa shape index (κ3) is 8.36. The number of nitrogens with one attached hydrogen (secondary N) is 1. The van der Waals surface area contributed by atoms with Gasteiger partial charge in [-0.15, -0.1) is 0 Å². The fraction of sp³-hybridized carbons (Fsp3) is 0.188. The molecule has 0 fully saturated rings. The van der Waals surface area contributed by atoms with Gasteiger partial charge in [0.1, 0.15) is 11.5 Å². The lowest BCUT2D eigenvalue weighted by molar-refractivity contribution is 0.473. The van der Waals surface area contributed by atoms with Crippen molar-refractivity contribution in [2.24, 2.45) is 9.98 Å². The van der Waals surface area contributed by atoms with Crippen molar-refractivity contribution in [3.05, 3.63) is 128 Å². The van der Waals surface area contributed by atoms with Crippen molar-refractivity contribution in [3.8, 4) is 11.5 Å². The molecule has 4 rings (SSSR count). The molecule has 0 saturated carbocycles. The summed E-state index contributed by atoms with van der Waals surface area (Å²) in [6, 6.07) is 30.7. The molecule has 5 nitrogen and oxygen atoms in total. The molecule has 3 N–H and O–H groups in total. The van der Waals surface area contributed by atoms with Crippen LogP contribution in [0.3, 0.4) is 0 Å².